The number of aromatic nitrogens is 3. The Kier molecular flexibility index (Phi) is 3.94. The number of alkyl halides is 3. The molecule has 1 heterocycles. The van der Waals surface area contributed by atoms with Crippen LogP contribution in [0.3, 0.4) is 0 Å². The van der Waals surface area contributed by atoms with Crippen molar-refractivity contribution >= 4 is 5.97 Å². The van der Waals surface area contributed by atoms with E-state index in [0.29, 0.717) is 4.68 Å². The van der Waals surface area contributed by atoms with E-state index in [4.69, 9.17) is 5.73 Å². The maximum Gasteiger partial charge on any atom is 0.435 e. The van der Waals surface area contributed by atoms with Crippen LogP contribution in [0.4, 0.5) is 13.2 Å². The predicted molar refractivity (Wildman–Crippen MR) is 65.6 cm³/mol. The van der Waals surface area contributed by atoms with Gasteiger partial charge in [0.25, 0.3) is 0 Å². The Morgan fingerprint density at radius 2 is 1.95 bits per heavy atom. The third-order valence-corrected chi connectivity index (χ3v) is 2.73. The minimum absolute atomic E-state index is 0.113. The minimum atomic E-state index is -4.64. The quantitative estimate of drug-likeness (QED) is 0.869. The number of esters is 1. The van der Waals surface area contributed by atoms with Crippen LogP contribution < -0.4 is 5.73 Å². The summed E-state index contributed by atoms with van der Waals surface area (Å²) in [5, 5.41) is 6.90. The van der Waals surface area contributed by atoms with E-state index in [-0.39, 0.29) is 23.5 Å². The summed E-state index contributed by atoms with van der Waals surface area (Å²) in [6.07, 6.45) is -4.64. The molecule has 2 aromatic rings. The zero-order valence-electron chi connectivity index (χ0n) is 10.9. The summed E-state index contributed by atoms with van der Waals surface area (Å²) in [7, 11) is 1.21. The highest BCUT2D eigenvalue weighted by Crippen LogP contribution is 2.32. The molecule has 1 aromatic carbocycles. The third kappa shape index (κ3) is 2.87. The highest BCUT2D eigenvalue weighted by Gasteiger charge is 2.39. The minimum Gasteiger partial charge on any atom is -0.465 e. The van der Waals surface area contributed by atoms with E-state index >= 15 is 0 Å². The molecular weight excluding hydrogens is 289 g/mol. The van der Waals surface area contributed by atoms with Gasteiger partial charge in [0, 0.05) is 6.54 Å². The van der Waals surface area contributed by atoms with Crippen LogP contribution in [0.2, 0.25) is 0 Å². The molecule has 9 heteroatoms. The van der Waals surface area contributed by atoms with E-state index in [1.165, 1.54) is 31.4 Å². The first-order valence-electron chi connectivity index (χ1n) is 5.79. The number of carbonyl (C=O) groups is 1. The average molecular weight is 300 g/mol. The van der Waals surface area contributed by atoms with Gasteiger partial charge in [-0.3, -0.25) is 0 Å². The van der Waals surface area contributed by atoms with E-state index in [9.17, 15) is 18.0 Å². The van der Waals surface area contributed by atoms with Crippen molar-refractivity contribution < 1.29 is 22.7 Å². The fourth-order valence-electron chi connectivity index (χ4n) is 1.77. The fraction of sp³-hybridized carbons (Fsp3) is 0.250. The largest absolute Gasteiger partial charge is 0.465 e. The van der Waals surface area contributed by atoms with E-state index < -0.39 is 17.8 Å². The van der Waals surface area contributed by atoms with Crippen LogP contribution in [0.15, 0.2) is 24.3 Å². The number of ether oxygens (including phenoxy) is 1. The van der Waals surface area contributed by atoms with E-state index in [0.717, 1.165) is 0 Å². The third-order valence-electron chi connectivity index (χ3n) is 2.73. The molecule has 6 nitrogen and oxygen atoms in total. The van der Waals surface area contributed by atoms with Gasteiger partial charge in [-0.05, 0) is 24.3 Å². The first kappa shape index (κ1) is 15.0. The Balaban J connectivity index is 2.48. The lowest BCUT2D eigenvalue weighted by Crippen LogP contribution is -2.17. The molecule has 2 rings (SSSR count). The molecule has 1 aromatic heterocycles. The van der Waals surface area contributed by atoms with Gasteiger partial charge in [-0.1, -0.05) is 5.21 Å². The molecule has 0 radical (unpaired) electrons. The molecule has 2 N–H and O–H groups in total. The molecule has 21 heavy (non-hydrogen) atoms. The molecule has 0 fully saturated rings. The molecule has 0 saturated heterocycles. The zero-order chi connectivity index (χ0) is 15.6. The number of hydrogen-bond donors (Lipinski definition) is 1. The monoisotopic (exact) mass is 300 g/mol. The van der Waals surface area contributed by atoms with Gasteiger partial charge in [0.1, 0.15) is 5.69 Å². The fourth-order valence-corrected chi connectivity index (χ4v) is 1.77. The van der Waals surface area contributed by atoms with Crippen molar-refractivity contribution in [1.82, 2.24) is 15.0 Å². The van der Waals surface area contributed by atoms with Crippen LogP contribution >= 0.6 is 0 Å². The summed E-state index contributed by atoms with van der Waals surface area (Å²) in [5.41, 5.74) is 4.19. The second kappa shape index (κ2) is 5.52. The van der Waals surface area contributed by atoms with Crippen LogP contribution in [-0.2, 0) is 17.5 Å². The maximum absolute atomic E-state index is 13.0. The molecular formula is C12H11F3N4O2. The molecule has 0 atom stereocenters. The number of nitrogens with two attached hydrogens (primary N) is 1. The zero-order valence-corrected chi connectivity index (χ0v) is 10.9. The summed E-state index contributed by atoms with van der Waals surface area (Å²) >= 11 is 0. The molecule has 0 spiro atoms. The van der Waals surface area contributed by atoms with Crippen molar-refractivity contribution in [2.24, 2.45) is 5.73 Å². The van der Waals surface area contributed by atoms with Gasteiger partial charge in [-0.2, -0.15) is 13.2 Å². The molecule has 0 aliphatic rings. The first-order valence-corrected chi connectivity index (χ1v) is 5.79. The molecule has 0 unspecified atom stereocenters. The smallest absolute Gasteiger partial charge is 0.435 e. The van der Waals surface area contributed by atoms with Crippen molar-refractivity contribution in [2.75, 3.05) is 7.11 Å². The lowest BCUT2D eigenvalue weighted by atomic mass is 10.2. The Morgan fingerprint density at radius 3 is 2.43 bits per heavy atom. The second-order valence-corrected chi connectivity index (χ2v) is 4.04. The molecule has 0 saturated carbocycles. The van der Waals surface area contributed by atoms with Gasteiger partial charge in [0.2, 0.25) is 0 Å². The number of hydrogen-bond acceptors (Lipinski definition) is 5. The number of rotatable bonds is 3. The summed E-state index contributed by atoms with van der Waals surface area (Å²) in [5.74, 6) is -0.584. The lowest BCUT2D eigenvalue weighted by Gasteiger charge is -2.11. The lowest BCUT2D eigenvalue weighted by molar-refractivity contribution is -0.143. The standard InChI is InChI=1S/C12H11F3N4O2/c1-21-11(20)7-2-4-8(5-3-7)19-10(12(13,14)15)9(6-16)17-18-19/h2-5H,6,16H2,1H3. The van der Waals surface area contributed by atoms with Crippen LogP contribution in [0.1, 0.15) is 21.7 Å². The Bertz CT molecular complexity index is 650. The van der Waals surface area contributed by atoms with E-state index in [1.54, 1.807) is 0 Å². The molecule has 0 aliphatic heterocycles. The van der Waals surface area contributed by atoms with E-state index in [2.05, 4.69) is 15.0 Å². The highest BCUT2D eigenvalue weighted by atomic mass is 19.4. The van der Waals surface area contributed by atoms with Crippen molar-refractivity contribution in [2.45, 2.75) is 12.7 Å². The Labute approximate surface area is 117 Å². The number of nitrogens with zero attached hydrogens (tertiary/aromatic N) is 3. The normalized spacial score (nSPS) is 11.5. The van der Waals surface area contributed by atoms with Crippen LogP contribution in [0, 0.1) is 0 Å². The van der Waals surface area contributed by atoms with Crippen molar-refractivity contribution in [3.8, 4) is 5.69 Å². The topological polar surface area (TPSA) is 83.0 Å². The SMILES string of the molecule is COC(=O)c1ccc(-n2nnc(CN)c2C(F)(F)F)cc1. The van der Waals surface area contributed by atoms with Crippen LogP contribution in [0.25, 0.3) is 5.69 Å². The number of methoxy groups -OCH3 is 1. The van der Waals surface area contributed by atoms with Gasteiger partial charge in [0.05, 0.1) is 18.4 Å². The first-order chi connectivity index (χ1) is 9.88. The van der Waals surface area contributed by atoms with Crippen molar-refractivity contribution in [3.05, 3.63) is 41.2 Å². The predicted octanol–water partition coefficient (Wildman–Crippen LogP) is 1.53. The molecule has 0 amide bonds. The van der Waals surface area contributed by atoms with Gasteiger partial charge in [-0.15, -0.1) is 5.10 Å². The van der Waals surface area contributed by atoms with Crippen LogP contribution in [0.5, 0.6) is 0 Å². The Morgan fingerprint density at radius 1 is 1.33 bits per heavy atom. The number of halogens is 3. The summed E-state index contributed by atoms with van der Waals surface area (Å²) in [6, 6.07) is 5.31. The van der Waals surface area contributed by atoms with Crippen LogP contribution in [-0.4, -0.2) is 28.1 Å². The second-order valence-electron chi connectivity index (χ2n) is 4.04. The van der Waals surface area contributed by atoms with Crippen molar-refractivity contribution in [3.63, 3.8) is 0 Å². The molecule has 112 valence electrons. The van der Waals surface area contributed by atoms with Gasteiger partial charge in [0.15, 0.2) is 5.69 Å². The van der Waals surface area contributed by atoms with Gasteiger partial charge >= 0.3 is 12.1 Å². The maximum atomic E-state index is 13.0. The number of benzene rings is 1. The Hall–Kier alpha value is -2.42. The molecule has 0 aliphatic carbocycles. The van der Waals surface area contributed by atoms with Gasteiger partial charge in [-0.25, -0.2) is 9.48 Å². The number of carbonyl (C=O) groups excluding carboxylic acids is 1. The van der Waals surface area contributed by atoms with Crippen molar-refractivity contribution in [1.29, 1.82) is 0 Å². The van der Waals surface area contributed by atoms with Gasteiger partial charge < -0.3 is 10.5 Å². The highest BCUT2D eigenvalue weighted by molar-refractivity contribution is 5.89. The summed E-state index contributed by atoms with van der Waals surface area (Å²) in [4.78, 5) is 11.3. The summed E-state index contributed by atoms with van der Waals surface area (Å²) in [6.45, 7) is -0.380. The molecule has 0 bridgehead atoms. The average Bonchev–Trinajstić information content (AvgIpc) is 2.90. The van der Waals surface area contributed by atoms with E-state index in [1.807, 2.05) is 0 Å². The summed E-state index contributed by atoms with van der Waals surface area (Å²) < 4.78 is 44.3.